The van der Waals surface area contributed by atoms with E-state index in [0.717, 1.165) is 43.1 Å². The third kappa shape index (κ3) is 2.89. The third-order valence-corrected chi connectivity index (χ3v) is 3.31. The summed E-state index contributed by atoms with van der Waals surface area (Å²) in [4.78, 5) is 6.88. The molecule has 0 spiro atoms. The molecule has 20 heavy (non-hydrogen) atoms. The first-order chi connectivity index (χ1) is 9.38. The molecule has 0 saturated carbocycles. The van der Waals surface area contributed by atoms with E-state index in [0.29, 0.717) is 5.88 Å². The molecule has 108 valence electrons. The van der Waals surface area contributed by atoms with E-state index in [1.165, 1.54) is 0 Å². The molecule has 1 aliphatic heterocycles. The Morgan fingerprint density at radius 2 is 2.05 bits per heavy atom. The Balaban J connectivity index is 0.00000147. The highest BCUT2D eigenvalue weighted by molar-refractivity contribution is 5.85. The van der Waals surface area contributed by atoms with Crippen LogP contribution in [0.2, 0.25) is 0 Å². The number of piperazine rings is 1. The largest absolute Gasteiger partial charge is 0.481 e. The van der Waals surface area contributed by atoms with Gasteiger partial charge in [0.15, 0.2) is 0 Å². The standard InChI is InChI=1S/C14H17N3O2.ClH/c1-18-13-3-2-12(11-4-9-19-10-11)14(16-13)17-7-5-15-6-8-17;/h2-4,9-10,15H,5-8H2,1H3;1H. The molecule has 2 aromatic rings. The first-order valence-corrected chi connectivity index (χ1v) is 6.42. The number of nitrogens with one attached hydrogen (secondary N) is 1. The summed E-state index contributed by atoms with van der Waals surface area (Å²) in [6, 6.07) is 5.87. The Hall–Kier alpha value is -1.72. The van der Waals surface area contributed by atoms with E-state index < -0.39 is 0 Å². The summed E-state index contributed by atoms with van der Waals surface area (Å²) in [6.45, 7) is 3.85. The second-order valence-electron chi connectivity index (χ2n) is 4.47. The number of pyridine rings is 1. The monoisotopic (exact) mass is 295 g/mol. The molecule has 0 aromatic carbocycles. The molecule has 0 unspecified atom stereocenters. The summed E-state index contributed by atoms with van der Waals surface area (Å²) in [5.41, 5.74) is 2.13. The van der Waals surface area contributed by atoms with Crippen LogP contribution in [-0.2, 0) is 0 Å². The van der Waals surface area contributed by atoms with Crippen LogP contribution < -0.4 is 15.0 Å². The van der Waals surface area contributed by atoms with E-state index in [1.807, 2.05) is 18.2 Å². The average molecular weight is 296 g/mol. The quantitative estimate of drug-likeness (QED) is 0.940. The Bertz CT molecular complexity index is 539. The van der Waals surface area contributed by atoms with E-state index in [9.17, 15) is 0 Å². The summed E-state index contributed by atoms with van der Waals surface area (Å²) in [5.74, 6) is 1.60. The van der Waals surface area contributed by atoms with E-state index >= 15 is 0 Å². The number of halogens is 1. The van der Waals surface area contributed by atoms with Crippen molar-refractivity contribution in [3.63, 3.8) is 0 Å². The van der Waals surface area contributed by atoms with Crippen molar-refractivity contribution >= 4 is 18.2 Å². The molecule has 3 heterocycles. The second kappa shape index (κ2) is 6.63. The SMILES string of the molecule is COc1ccc(-c2ccoc2)c(N2CCNCC2)n1.Cl. The molecule has 6 heteroatoms. The van der Waals surface area contributed by atoms with Crippen molar-refractivity contribution in [1.82, 2.24) is 10.3 Å². The first kappa shape index (κ1) is 14.7. The van der Waals surface area contributed by atoms with Crippen molar-refractivity contribution in [2.45, 2.75) is 0 Å². The molecule has 1 aliphatic rings. The van der Waals surface area contributed by atoms with Crippen LogP contribution in [-0.4, -0.2) is 38.3 Å². The van der Waals surface area contributed by atoms with E-state index in [1.54, 1.807) is 19.6 Å². The molecule has 1 N–H and O–H groups in total. The molecule has 0 amide bonds. The maximum absolute atomic E-state index is 5.24. The van der Waals surface area contributed by atoms with Gasteiger partial charge in [-0.1, -0.05) is 0 Å². The predicted octanol–water partition coefficient (Wildman–Crippen LogP) is 2.18. The minimum atomic E-state index is 0. The minimum absolute atomic E-state index is 0. The van der Waals surface area contributed by atoms with Gasteiger partial charge in [0.25, 0.3) is 0 Å². The molecule has 0 atom stereocenters. The molecule has 3 rings (SSSR count). The normalized spacial score (nSPS) is 14.8. The number of furan rings is 1. The van der Waals surface area contributed by atoms with Gasteiger partial charge in [0, 0.05) is 43.4 Å². The van der Waals surface area contributed by atoms with Crippen LogP contribution in [0.4, 0.5) is 5.82 Å². The summed E-state index contributed by atoms with van der Waals surface area (Å²) in [7, 11) is 1.64. The predicted molar refractivity (Wildman–Crippen MR) is 80.8 cm³/mol. The van der Waals surface area contributed by atoms with Crippen molar-refractivity contribution in [3.8, 4) is 17.0 Å². The van der Waals surface area contributed by atoms with Crippen molar-refractivity contribution < 1.29 is 9.15 Å². The number of anilines is 1. The zero-order valence-electron chi connectivity index (χ0n) is 11.3. The number of ether oxygens (including phenoxy) is 1. The number of rotatable bonds is 3. The number of aromatic nitrogens is 1. The van der Waals surface area contributed by atoms with Crippen LogP contribution in [0.3, 0.4) is 0 Å². The first-order valence-electron chi connectivity index (χ1n) is 6.42. The number of nitrogens with zero attached hydrogens (tertiary/aromatic N) is 2. The lowest BCUT2D eigenvalue weighted by Crippen LogP contribution is -2.44. The smallest absolute Gasteiger partial charge is 0.214 e. The molecule has 1 fully saturated rings. The second-order valence-corrected chi connectivity index (χ2v) is 4.47. The maximum atomic E-state index is 5.24. The van der Waals surface area contributed by atoms with Gasteiger partial charge in [-0.25, -0.2) is 0 Å². The van der Waals surface area contributed by atoms with Crippen LogP contribution >= 0.6 is 12.4 Å². The van der Waals surface area contributed by atoms with Crippen LogP contribution in [0.5, 0.6) is 5.88 Å². The summed E-state index contributed by atoms with van der Waals surface area (Å²) < 4.78 is 10.4. The zero-order chi connectivity index (χ0) is 13.1. The molecule has 2 aromatic heterocycles. The van der Waals surface area contributed by atoms with Crippen LogP contribution in [0.15, 0.2) is 35.1 Å². The number of methoxy groups -OCH3 is 1. The molecule has 0 bridgehead atoms. The Morgan fingerprint density at radius 3 is 2.70 bits per heavy atom. The fraction of sp³-hybridized carbons (Fsp3) is 0.357. The molecule has 0 aliphatic carbocycles. The average Bonchev–Trinajstić information content (AvgIpc) is 3.01. The van der Waals surface area contributed by atoms with E-state index in [-0.39, 0.29) is 12.4 Å². The van der Waals surface area contributed by atoms with Crippen molar-refractivity contribution in [3.05, 3.63) is 30.7 Å². The number of hydrogen-bond donors (Lipinski definition) is 1. The van der Waals surface area contributed by atoms with Gasteiger partial charge in [0.2, 0.25) is 5.88 Å². The van der Waals surface area contributed by atoms with Crippen molar-refractivity contribution in [2.24, 2.45) is 0 Å². The molecule has 5 nitrogen and oxygen atoms in total. The molecular formula is C14H18ClN3O2. The van der Waals surface area contributed by atoms with Gasteiger partial charge in [-0.2, -0.15) is 4.98 Å². The fourth-order valence-corrected chi connectivity index (χ4v) is 2.31. The highest BCUT2D eigenvalue weighted by Crippen LogP contribution is 2.31. The van der Waals surface area contributed by atoms with Gasteiger partial charge in [-0.05, 0) is 12.1 Å². The van der Waals surface area contributed by atoms with Crippen molar-refractivity contribution in [2.75, 3.05) is 38.2 Å². The highest BCUT2D eigenvalue weighted by atomic mass is 35.5. The lowest BCUT2D eigenvalue weighted by molar-refractivity contribution is 0.397. The Morgan fingerprint density at radius 1 is 1.25 bits per heavy atom. The summed E-state index contributed by atoms with van der Waals surface area (Å²) >= 11 is 0. The van der Waals surface area contributed by atoms with Crippen molar-refractivity contribution in [1.29, 1.82) is 0 Å². The highest BCUT2D eigenvalue weighted by Gasteiger charge is 2.18. The minimum Gasteiger partial charge on any atom is -0.481 e. The van der Waals surface area contributed by atoms with Crippen LogP contribution in [0.25, 0.3) is 11.1 Å². The fourth-order valence-electron chi connectivity index (χ4n) is 2.31. The molecule has 1 saturated heterocycles. The van der Waals surface area contributed by atoms with Gasteiger partial charge in [-0.15, -0.1) is 12.4 Å². The summed E-state index contributed by atoms with van der Waals surface area (Å²) in [6.07, 6.45) is 3.43. The van der Waals surface area contributed by atoms with E-state index in [2.05, 4.69) is 15.2 Å². The Labute approximate surface area is 124 Å². The maximum Gasteiger partial charge on any atom is 0.214 e. The number of hydrogen-bond acceptors (Lipinski definition) is 5. The molecule has 0 radical (unpaired) electrons. The Kier molecular flexibility index (Phi) is 4.87. The molecular weight excluding hydrogens is 278 g/mol. The van der Waals surface area contributed by atoms with Gasteiger partial charge >= 0.3 is 0 Å². The van der Waals surface area contributed by atoms with Gasteiger partial charge in [-0.3, -0.25) is 0 Å². The lowest BCUT2D eigenvalue weighted by atomic mass is 10.1. The van der Waals surface area contributed by atoms with Gasteiger partial charge in [0.05, 0.1) is 19.6 Å². The van der Waals surface area contributed by atoms with E-state index in [4.69, 9.17) is 9.15 Å². The zero-order valence-corrected chi connectivity index (χ0v) is 12.2. The van der Waals surface area contributed by atoms with Crippen LogP contribution in [0, 0.1) is 0 Å². The lowest BCUT2D eigenvalue weighted by Gasteiger charge is -2.30. The third-order valence-electron chi connectivity index (χ3n) is 3.31. The summed E-state index contributed by atoms with van der Waals surface area (Å²) in [5, 5.41) is 3.35. The topological polar surface area (TPSA) is 50.5 Å². The van der Waals surface area contributed by atoms with Crippen LogP contribution in [0.1, 0.15) is 0 Å². The van der Waals surface area contributed by atoms with Gasteiger partial charge in [0.1, 0.15) is 5.82 Å². The van der Waals surface area contributed by atoms with Gasteiger partial charge < -0.3 is 19.4 Å².